The minimum atomic E-state index is -0.529. The minimum absolute atomic E-state index is 0.111. The molecule has 0 aliphatic carbocycles. The van der Waals surface area contributed by atoms with Gasteiger partial charge in [0.05, 0.1) is 15.5 Å². The molecule has 1 fully saturated rings. The Kier molecular flexibility index (Phi) is 4.57. The van der Waals surface area contributed by atoms with Gasteiger partial charge < -0.3 is 10.2 Å². The second-order valence-corrected chi connectivity index (χ2v) is 5.18. The Hall–Kier alpha value is -1.66. The van der Waals surface area contributed by atoms with Crippen molar-refractivity contribution in [1.29, 1.82) is 0 Å². The fourth-order valence-corrected chi connectivity index (χ4v) is 2.59. The molecule has 0 atom stereocenters. The van der Waals surface area contributed by atoms with Gasteiger partial charge in [-0.25, -0.2) is 0 Å². The number of piperidine rings is 1. The molecule has 108 valence electrons. The van der Waals surface area contributed by atoms with Crippen molar-refractivity contribution in [3.05, 3.63) is 38.9 Å². The molecule has 0 saturated carbocycles. The molecule has 1 aromatic carbocycles. The van der Waals surface area contributed by atoms with E-state index in [4.69, 9.17) is 11.6 Å². The Balaban J connectivity index is 2.12. The standard InChI is InChI=1S/C13H16ClN3O3/c1-15-9-4-6-16(7-5-9)13(18)11-3-2-10(17(19)20)8-12(11)14/h2-3,8-9,15H,4-7H2,1H3. The van der Waals surface area contributed by atoms with E-state index in [9.17, 15) is 14.9 Å². The number of nitrogens with zero attached hydrogens (tertiary/aromatic N) is 2. The summed E-state index contributed by atoms with van der Waals surface area (Å²) in [5, 5.41) is 14.0. The van der Waals surface area contributed by atoms with Crippen LogP contribution in [0.5, 0.6) is 0 Å². The van der Waals surface area contributed by atoms with E-state index in [0.717, 1.165) is 12.8 Å². The first-order chi connectivity index (χ1) is 9.52. The number of nitro benzene ring substituents is 1. The molecule has 20 heavy (non-hydrogen) atoms. The van der Waals surface area contributed by atoms with Crippen molar-refractivity contribution in [2.45, 2.75) is 18.9 Å². The van der Waals surface area contributed by atoms with Crippen LogP contribution in [-0.4, -0.2) is 41.9 Å². The van der Waals surface area contributed by atoms with Gasteiger partial charge >= 0.3 is 0 Å². The van der Waals surface area contributed by atoms with Gasteiger partial charge in [0, 0.05) is 31.3 Å². The van der Waals surface area contributed by atoms with Gasteiger partial charge in [-0.3, -0.25) is 14.9 Å². The van der Waals surface area contributed by atoms with Crippen LogP contribution in [0.3, 0.4) is 0 Å². The molecule has 7 heteroatoms. The molecule has 2 rings (SSSR count). The summed E-state index contributed by atoms with van der Waals surface area (Å²) in [6, 6.07) is 4.38. The van der Waals surface area contributed by atoms with Crippen LogP contribution < -0.4 is 5.32 Å². The van der Waals surface area contributed by atoms with Crippen LogP contribution >= 0.6 is 11.6 Å². The third-order valence-corrected chi connectivity index (χ3v) is 3.90. The normalized spacial score (nSPS) is 16.2. The highest BCUT2D eigenvalue weighted by Crippen LogP contribution is 2.24. The molecule has 1 amide bonds. The lowest BCUT2D eigenvalue weighted by molar-refractivity contribution is -0.384. The van der Waals surface area contributed by atoms with E-state index < -0.39 is 4.92 Å². The van der Waals surface area contributed by atoms with Gasteiger partial charge in [-0.05, 0) is 26.0 Å². The van der Waals surface area contributed by atoms with Crippen LogP contribution in [0.15, 0.2) is 18.2 Å². The number of rotatable bonds is 3. The average Bonchev–Trinajstić information content (AvgIpc) is 2.46. The zero-order chi connectivity index (χ0) is 14.7. The molecule has 1 heterocycles. The van der Waals surface area contributed by atoms with E-state index in [1.165, 1.54) is 18.2 Å². The van der Waals surface area contributed by atoms with Gasteiger partial charge in [0.25, 0.3) is 11.6 Å². The van der Waals surface area contributed by atoms with E-state index >= 15 is 0 Å². The van der Waals surface area contributed by atoms with E-state index in [1.54, 1.807) is 4.90 Å². The summed E-state index contributed by atoms with van der Waals surface area (Å²) in [5.41, 5.74) is 0.209. The second kappa shape index (κ2) is 6.19. The van der Waals surface area contributed by atoms with Crippen molar-refractivity contribution >= 4 is 23.2 Å². The number of benzene rings is 1. The van der Waals surface area contributed by atoms with Gasteiger partial charge in [-0.15, -0.1) is 0 Å². The van der Waals surface area contributed by atoms with Crippen LogP contribution in [0.25, 0.3) is 0 Å². The first kappa shape index (κ1) is 14.7. The third-order valence-electron chi connectivity index (χ3n) is 3.58. The molecule has 1 saturated heterocycles. The van der Waals surface area contributed by atoms with Gasteiger partial charge in [-0.2, -0.15) is 0 Å². The predicted octanol–water partition coefficient (Wildman–Crippen LogP) is 2.07. The van der Waals surface area contributed by atoms with Gasteiger partial charge in [0.2, 0.25) is 0 Å². The fraction of sp³-hybridized carbons (Fsp3) is 0.462. The molecule has 1 aliphatic heterocycles. The number of carbonyl (C=O) groups excluding carboxylic acids is 1. The van der Waals surface area contributed by atoms with Crippen LogP contribution in [0.2, 0.25) is 5.02 Å². The molecule has 0 aromatic heterocycles. The van der Waals surface area contributed by atoms with Gasteiger partial charge in [-0.1, -0.05) is 11.6 Å². The number of halogens is 1. The number of carbonyl (C=O) groups is 1. The maximum Gasteiger partial charge on any atom is 0.270 e. The molecular weight excluding hydrogens is 282 g/mol. The molecular formula is C13H16ClN3O3. The summed E-state index contributed by atoms with van der Waals surface area (Å²) in [7, 11) is 1.91. The maximum absolute atomic E-state index is 12.3. The summed E-state index contributed by atoms with van der Waals surface area (Å²) in [4.78, 5) is 24.2. The maximum atomic E-state index is 12.3. The number of nitrogens with one attached hydrogen (secondary N) is 1. The van der Waals surface area contributed by atoms with Crippen LogP contribution in [0.4, 0.5) is 5.69 Å². The second-order valence-electron chi connectivity index (χ2n) is 4.78. The SMILES string of the molecule is CNC1CCN(C(=O)c2ccc([N+](=O)[O-])cc2Cl)CC1. The summed E-state index contributed by atoms with van der Waals surface area (Å²) in [5.74, 6) is -0.167. The molecule has 1 aromatic rings. The Morgan fingerprint density at radius 2 is 2.10 bits per heavy atom. The van der Waals surface area contributed by atoms with Crippen LogP contribution in [-0.2, 0) is 0 Å². The monoisotopic (exact) mass is 297 g/mol. The van der Waals surface area contributed by atoms with E-state index in [0.29, 0.717) is 24.7 Å². The highest BCUT2D eigenvalue weighted by Gasteiger charge is 2.24. The number of amides is 1. The topological polar surface area (TPSA) is 75.5 Å². The Morgan fingerprint density at radius 3 is 2.60 bits per heavy atom. The largest absolute Gasteiger partial charge is 0.338 e. The number of hydrogen-bond acceptors (Lipinski definition) is 4. The first-order valence-corrected chi connectivity index (χ1v) is 6.81. The van der Waals surface area contributed by atoms with Crippen molar-refractivity contribution in [1.82, 2.24) is 10.2 Å². The Bertz CT molecular complexity index is 528. The van der Waals surface area contributed by atoms with Gasteiger partial charge in [0.15, 0.2) is 0 Å². The summed E-state index contributed by atoms with van der Waals surface area (Å²) in [6.07, 6.45) is 1.79. The third kappa shape index (κ3) is 3.08. The van der Waals surface area contributed by atoms with E-state index in [-0.39, 0.29) is 16.6 Å². The van der Waals surface area contributed by atoms with Crippen molar-refractivity contribution in [3.8, 4) is 0 Å². The van der Waals surface area contributed by atoms with Crippen molar-refractivity contribution in [2.24, 2.45) is 0 Å². The first-order valence-electron chi connectivity index (χ1n) is 6.43. The van der Waals surface area contributed by atoms with E-state index in [2.05, 4.69) is 5.32 Å². The van der Waals surface area contributed by atoms with Gasteiger partial charge in [0.1, 0.15) is 0 Å². The van der Waals surface area contributed by atoms with Crippen molar-refractivity contribution < 1.29 is 9.72 Å². The average molecular weight is 298 g/mol. The molecule has 0 spiro atoms. The summed E-state index contributed by atoms with van der Waals surface area (Å²) < 4.78 is 0. The van der Waals surface area contributed by atoms with Crippen molar-refractivity contribution in [3.63, 3.8) is 0 Å². The highest BCUT2D eigenvalue weighted by atomic mass is 35.5. The molecule has 1 aliphatic rings. The fourth-order valence-electron chi connectivity index (χ4n) is 2.33. The molecule has 6 nitrogen and oxygen atoms in total. The molecule has 0 bridgehead atoms. The summed E-state index contributed by atoms with van der Waals surface area (Å²) in [6.45, 7) is 1.33. The number of non-ortho nitro benzene ring substituents is 1. The Morgan fingerprint density at radius 1 is 1.45 bits per heavy atom. The van der Waals surface area contributed by atoms with E-state index in [1.807, 2.05) is 7.05 Å². The smallest absolute Gasteiger partial charge is 0.270 e. The lowest BCUT2D eigenvalue weighted by atomic mass is 10.0. The molecule has 1 N–H and O–H groups in total. The van der Waals surface area contributed by atoms with Crippen LogP contribution in [0.1, 0.15) is 23.2 Å². The zero-order valence-electron chi connectivity index (χ0n) is 11.1. The van der Waals surface area contributed by atoms with Crippen LogP contribution in [0, 0.1) is 10.1 Å². The number of nitro groups is 1. The zero-order valence-corrected chi connectivity index (χ0v) is 11.9. The Labute approximate surface area is 121 Å². The quantitative estimate of drug-likeness (QED) is 0.684. The highest BCUT2D eigenvalue weighted by molar-refractivity contribution is 6.34. The minimum Gasteiger partial charge on any atom is -0.338 e. The lowest BCUT2D eigenvalue weighted by Crippen LogP contribution is -2.44. The molecule has 0 unspecified atom stereocenters. The lowest BCUT2D eigenvalue weighted by Gasteiger charge is -2.32. The summed E-state index contributed by atoms with van der Waals surface area (Å²) >= 11 is 5.98. The number of likely N-dealkylation sites (tertiary alicyclic amines) is 1. The number of hydrogen-bond donors (Lipinski definition) is 1. The van der Waals surface area contributed by atoms with Crippen molar-refractivity contribution in [2.75, 3.05) is 20.1 Å². The predicted molar refractivity (Wildman–Crippen MR) is 76.1 cm³/mol. The molecule has 0 radical (unpaired) electrons.